The largest absolute Gasteiger partial charge is 0.369 e. The Labute approximate surface area is 130 Å². The monoisotopic (exact) mass is 289 g/mol. The number of rotatable bonds is 6. The van der Waals surface area contributed by atoms with Gasteiger partial charge in [0.2, 0.25) is 0 Å². The van der Waals surface area contributed by atoms with Crippen LogP contribution in [0.1, 0.15) is 45.2 Å². The van der Waals surface area contributed by atoms with Gasteiger partial charge in [0.05, 0.1) is 0 Å². The summed E-state index contributed by atoms with van der Waals surface area (Å²) in [6.45, 7) is 11.3. The van der Waals surface area contributed by atoms with E-state index in [0.29, 0.717) is 12.1 Å². The summed E-state index contributed by atoms with van der Waals surface area (Å²) < 4.78 is 0. The van der Waals surface area contributed by atoms with E-state index in [-0.39, 0.29) is 0 Å². The average molecular weight is 289 g/mol. The molecular weight excluding hydrogens is 258 g/mol. The van der Waals surface area contributed by atoms with Crippen LogP contribution in [0.3, 0.4) is 0 Å². The third kappa shape index (κ3) is 4.21. The topological polar surface area (TPSA) is 18.5 Å². The van der Waals surface area contributed by atoms with Crippen molar-refractivity contribution in [2.75, 3.05) is 38.1 Å². The number of benzene rings is 1. The SMILES string of the molecule is CCCNC(C)c1ccc(N2CCN(C)C(CC)C2)cc1. The molecule has 1 aliphatic rings. The minimum atomic E-state index is 0.440. The second-order valence-electron chi connectivity index (χ2n) is 6.26. The first-order valence-electron chi connectivity index (χ1n) is 8.44. The van der Waals surface area contributed by atoms with Crippen molar-refractivity contribution in [2.24, 2.45) is 0 Å². The molecule has 1 N–H and O–H groups in total. The second-order valence-corrected chi connectivity index (χ2v) is 6.26. The molecule has 118 valence electrons. The van der Waals surface area contributed by atoms with Crippen molar-refractivity contribution in [3.63, 3.8) is 0 Å². The number of anilines is 1. The zero-order valence-corrected chi connectivity index (χ0v) is 14.1. The Morgan fingerprint density at radius 2 is 1.90 bits per heavy atom. The summed E-state index contributed by atoms with van der Waals surface area (Å²) in [5, 5.41) is 3.55. The molecule has 1 aliphatic heterocycles. The molecular formula is C18H31N3. The molecule has 3 nitrogen and oxygen atoms in total. The van der Waals surface area contributed by atoms with Crippen LogP contribution in [0.25, 0.3) is 0 Å². The molecule has 2 rings (SSSR count). The van der Waals surface area contributed by atoms with Crippen molar-refractivity contribution in [3.05, 3.63) is 29.8 Å². The maximum atomic E-state index is 3.55. The van der Waals surface area contributed by atoms with E-state index in [1.165, 1.54) is 24.1 Å². The quantitative estimate of drug-likeness (QED) is 0.867. The number of hydrogen-bond donors (Lipinski definition) is 1. The Kier molecular flexibility index (Phi) is 6.07. The van der Waals surface area contributed by atoms with Gasteiger partial charge in [0.15, 0.2) is 0 Å². The molecule has 2 atom stereocenters. The van der Waals surface area contributed by atoms with Gasteiger partial charge >= 0.3 is 0 Å². The molecule has 0 saturated carbocycles. The Hall–Kier alpha value is -1.06. The van der Waals surface area contributed by atoms with Gasteiger partial charge in [-0.15, -0.1) is 0 Å². The highest BCUT2D eigenvalue weighted by Crippen LogP contribution is 2.22. The molecule has 3 heteroatoms. The smallest absolute Gasteiger partial charge is 0.0367 e. The number of likely N-dealkylation sites (N-methyl/N-ethyl adjacent to an activating group) is 1. The highest BCUT2D eigenvalue weighted by atomic mass is 15.3. The Morgan fingerprint density at radius 1 is 1.19 bits per heavy atom. The van der Waals surface area contributed by atoms with Gasteiger partial charge in [-0.25, -0.2) is 0 Å². The molecule has 2 unspecified atom stereocenters. The van der Waals surface area contributed by atoms with E-state index in [1.54, 1.807) is 0 Å². The van der Waals surface area contributed by atoms with Crippen molar-refractivity contribution >= 4 is 5.69 Å². The van der Waals surface area contributed by atoms with Gasteiger partial charge in [0, 0.05) is 37.4 Å². The van der Waals surface area contributed by atoms with Gasteiger partial charge in [0.1, 0.15) is 0 Å². The van der Waals surface area contributed by atoms with Gasteiger partial charge in [-0.05, 0) is 51.1 Å². The first-order valence-corrected chi connectivity index (χ1v) is 8.44. The zero-order chi connectivity index (χ0) is 15.2. The Balaban J connectivity index is 1.98. The molecule has 1 heterocycles. The summed E-state index contributed by atoms with van der Waals surface area (Å²) in [7, 11) is 2.25. The van der Waals surface area contributed by atoms with Gasteiger partial charge in [-0.1, -0.05) is 26.0 Å². The van der Waals surface area contributed by atoms with Crippen LogP contribution in [0.5, 0.6) is 0 Å². The molecule has 1 fully saturated rings. The van der Waals surface area contributed by atoms with Crippen LogP contribution in [0, 0.1) is 0 Å². The molecule has 0 spiro atoms. The van der Waals surface area contributed by atoms with E-state index in [2.05, 4.69) is 67.2 Å². The van der Waals surface area contributed by atoms with Gasteiger partial charge < -0.3 is 10.2 Å². The predicted molar refractivity (Wildman–Crippen MR) is 92.1 cm³/mol. The van der Waals surface area contributed by atoms with Crippen molar-refractivity contribution in [1.29, 1.82) is 0 Å². The molecule has 0 amide bonds. The fourth-order valence-electron chi connectivity index (χ4n) is 3.07. The summed E-state index contributed by atoms with van der Waals surface area (Å²) >= 11 is 0. The van der Waals surface area contributed by atoms with Crippen LogP contribution in [0.4, 0.5) is 5.69 Å². The van der Waals surface area contributed by atoms with E-state index < -0.39 is 0 Å². The highest BCUT2D eigenvalue weighted by molar-refractivity contribution is 5.48. The summed E-state index contributed by atoms with van der Waals surface area (Å²) in [6.07, 6.45) is 2.41. The van der Waals surface area contributed by atoms with Crippen LogP contribution < -0.4 is 10.2 Å². The number of hydrogen-bond acceptors (Lipinski definition) is 3. The van der Waals surface area contributed by atoms with Crippen LogP contribution in [-0.2, 0) is 0 Å². The molecule has 1 aromatic rings. The van der Waals surface area contributed by atoms with Crippen molar-refractivity contribution in [2.45, 2.75) is 45.7 Å². The zero-order valence-electron chi connectivity index (χ0n) is 14.1. The van der Waals surface area contributed by atoms with Crippen LogP contribution in [0.15, 0.2) is 24.3 Å². The van der Waals surface area contributed by atoms with Crippen molar-refractivity contribution < 1.29 is 0 Å². The Morgan fingerprint density at radius 3 is 2.52 bits per heavy atom. The third-order valence-corrected chi connectivity index (χ3v) is 4.71. The molecule has 0 bridgehead atoms. The number of nitrogens with one attached hydrogen (secondary N) is 1. The van der Waals surface area contributed by atoms with Crippen molar-refractivity contribution in [1.82, 2.24) is 10.2 Å². The third-order valence-electron chi connectivity index (χ3n) is 4.71. The van der Waals surface area contributed by atoms with Gasteiger partial charge in [-0.2, -0.15) is 0 Å². The fraction of sp³-hybridized carbons (Fsp3) is 0.667. The minimum Gasteiger partial charge on any atom is -0.369 e. The minimum absolute atomic E-state index is 0.440. The molecule has 0 aromatic heterocycles. The lowest BCUT2D eigenvalue weighted by molar-refractivity contribution is 0.213. The van der Waals surface area contributed by atoms with E-state index in [1.807, 2.05) is 0 Å². The van der Waals surface area contributed by atoms with Crippen LogP contribution in [-0.4, -0.2) is 44.2 Å². The first kappa shape index (κ1) is 16.3. The molecule has 21 heavy (non-hydrogen) atoms. The van der Waals surface area contributed by atoms with E-state index in [0.717, 1.165) is 26.2 Å². The van der Waals surface area contributed by atoms with Crippen LogP contribution in [0.2, 0.25) is 0 Å². The van der Waals surface area contributed by atoms with Crippen molar-refractivity contribution in [3.8, 4) is 0 Å². The standard InChI is InChI=1S/C18H31N3/c1-5-11-19-15(3)16-7-9-18(10-8-16)21-13-12-20(4)17(6-2)14-21/h7-10,15,17,19H,5-6,11-14H2,1-4H3. The summed E-state index contributed by atoms with van der Waals surface area (Å²) in [4.78, 5) is 5.02. The fourth-order valence-corrected chi connectivity index (χ4v) is 3.07. The van der Waals surface area contributed by atoms with Gasteiger partial charge in [-0.3, -0.25) is 4.90 Å². The molecule has 1 saturated heterocycles. The lowest BCUT2D eigenvalue weighted by Gasteiger charge is -2.40. The number of piperazine rings is 1. The maximum Gasteiger partial charge on any atom is 0.0367 e. The molecule has 0 radical (unpaired) electrons. The maximum absolute atomic E-state index is 3.55. The second kappa shape index (κ2) is 7.81. The predicted octanol–water partition coefficient (Wildman–Crippen LogP) is 3.28. The molecule has 0 aliphatic carbocycles. The normalized spacial score (nSPS) is 21.5. The average Bonchev–Trinajstić information content (AvgIpc) is 2.53. The highest BCUT2D eigenvalue weighted by Gasteiger charge is 2.22. The molecule has 1 aromatic carbocycles. The van der Waals surface area contributed by atoms with Gasteiger partial charge in [0.25, 0.3) is 0 Å². The number of nitrogens with zero attached hydrogens (tertiary/aromatic N) is 2. The lowest BCUT2D eigenvalue weighted by atomic mass is 10.1. The van der Waals surface area contributed by atoms with Crippen LogP contribution >= 0.6 is 0 Å². The van der Waals surface area contributed by atoms with E-state index >= 15 is 0 Å². The first-order chi connectivity index (χ1) is 10.2. The summed E-state index contributed by atoms with van der Waals surface area (Å²) in [6, 6.07) is 10.3. The Bertz CT molecular complexity index is 415. The van der Waals surface area contributed by atoms with E-state index in [4.69, 9.17) is 0 Å². The van der Waals surface area contributed by atoms with E-state index in [9.17, 15) is 0 Å². The summed E-state index contributed by atoms with van der Waals surface area (Å²) in [5.41, 5.74) is 2.75. The summed E-state index contributed by atoms with van der Waals surface area (Å²) in [5.74, 6) is 0. The lowest BCUT2D eigenvalue weighted by Crippen LogP contribution is -2.51.